The molecule has 0 aliphatic carbocycles. The van der Waals surface area contributed by atoms with Crippen molar-refractivity contribution < 1.29 is 9.53 Å². The molecule has 0 bridgehead atoms. The lowest BCUT2D eigenvalue weighted by molar-refractivity contribution is 0.100. The minimum absolute atomic E-state index is 0.448. The Kier molecular flexibility index (Phi) is 5.00. The number of ether oxygens (including phenoxy) is 1. The van der Waals surface area contributed by atoms with E-state index in [9.17, 15) is 4.79 Å². The Morgan fingerprint density at radius 2 is 2.08 bits per heavy atom. The van der Waals surface area contributed by atoms with Crippen LogP contribution in [0.1, 0.15) is 16.8 Å². The zero-order chi connectivity index (χ0) is 17.8. The van der Waals surface area contributed by atoms with Gasteiger partial charge in [-0.2, -0.15) is 0 Å². The molecule has 1 amide bonds. The van der Waals surface area contributed by atoms with Gasteiger partial charge >= 0.3 is 0 Å². The molecular formula is C19H22N4O2. The quantitative estimate of drug-likeness (QED) is 0.649. The van der Waals surface area contributed by atoms with Gasteiger partial charge in [-0.25, -0.2) is 4.98 Å². The number of nitrogens with one attached hydrogen (secondary N) is 1. The van der Waals surface area contributed by atoms with E-state index in [1.54, 1.807) is 12.1 Å². The fourth-order valence-corrected chi connectivity index (χ4v) is 2.60. The summed E-state index contributed by atoms with van der Waals surface area (Å²) in [4.78, 5) is 21.3. The van der Waals surface area contributed by atoms with Crippen LogP contribution in [-0.4, -0.2) is 48.0 Å². The van der Waals surface area contributed by atoms with E-state index in [0.717, 1.165) is 35.6 Å². The Hall–Kier alpha value is -2.86. The second-order valence-electron chi connectivity index (χ2n) is 6.21. The van der Waals surface area contributed by atoms with Crippen molar-refractivity contribution in [1.29, 1.82) is 0 Å². The van der Waals surface area contributed by atoms with Crippen molar-refractivity contribution in [3.63, 3.8) is 0 Å². The first-order valence-corrected chi connectivity index (χ1v) is 8.20. The first-order valence-electron chi connectivity index (χ1n) is 8.20. The van der Waals surface area contributed by atoms with Crippen molar-refractivity contribution in [2.75, 3.05) is 27.2 Å². The molecule has 0 fully saturated rings. The third-order valence-corrected chi connectivity index (χ3v) is 3.89. The van der Waals surface area contributed by atoms with Crippen LogP contribution in [0.2, 0.25) is 0 Å². The molecule has 1 aromatic heterocycles. The molecule has 0 saturated carbocycles. The number of nitrogens with zero attached hydrogens (tertiary/aromatic N) is 2. The number of carbonyl (C=O) groups is 1. The van der Waals surface area contributed by atoms with Crippen molar-refractivity contribution in [2.45, 2.75) is 6.42 Å². The molecule has 0 spiro atoms. The predicted octanol–water partition coefficient (Wildman–Crippen LogP) is 2.66. The van der Waals surface area contributed by atoms with Crippen molar-refractivity contribution in [3.05, 3.63) is 48.0 Å². The number of aromatic amines is 1. The number of primary amides is 1. The molecule has 0 atom stereocenters. The second-order valence-corrected chi connectivity index (χ2v) is 6.21. The summed E-state index contributed by atoms with van der Waals surface area (Å²) >= 11 is 0. The number of benzene rings is 2. The van der Waals surface area contributed by atoms with E-state index in [-0.39, 0.29) is 0 Å². The Bertz CT molecular complexity index is 886. The maximum atomic E-state index is 11.3. The largest absolute Gasteiger partial charge is 0.494 e. The van der Waals surface area contributed by atoms with Crippen LogP contribution in [0.4, 0.5) is 0 Å². The minimum Gasteiger partial charge on any atom is -0.494 e. The van der Waals surface area contributed by atoms with Crippen molar-refractivity contribution in [1.82, 2.24) is 14.9 Å². The standard InChI is InChI=1S/C19H22N4O2/c1-23(2)9-4-10-25-15-6-3-5-14(11-15)19-21-16-8-7-13(18(20)24)12-17(16)22-19/h3,5-8,11-12H,4,9-10H2,1-2H3,(H2,20,24)(H,21,22). The van der Waals surface area contributed by atoms with Crippen molar-refractivity contribution in [3.8, 4) is 17.1 Å². The monoisotopic (exact) mass is 338 g/mol. The number of aromatic nitrogens is 2. The number of hydrogen-bond donors (Lipinski definition) is 2. The number of imidazole rings is 1. The van der Waals surface area contributed by atoms with E-state index in [4.69, 9.17) is 10.5 Å². The van der Waals surface area contributed by atoms with Crippen LogP contribution in [0.25, 0.3) is 22.4 Å². The smallest absolute Gasteiger partial charge is 0.248 e. The summed E-state index contributed by atoms with van der Waals surface area (Å²) in [5.74, 6) is 1.09. The number of nitrogens with two attached hydrogens (primary N) is 1. The number of amides is 1. The zero-order valence-corrected chi connectivity index (χ0v) is 14.5. The van der Waals surface area contributed by atoms with Crippen molar-refractivity contribution in [2.24, 2.45) is 5.73 Å². The third kappa shape index (κ3) is 4.16. The van der Waals surface area contributed by atoms with Crippen LogP contribution in [-0.2, 0) is 0 Å². The molecule has 0 aliphatic rings. The molecule has 6 nitrogen and oxygen atoms in total. The number of rotatable bonds is 7. The first kappa shape index (κ1) is 17.0. The average molecular weight is 338 g/mol. The van der Waals surface area contributed by atoms with Gasteiger partial charge in [0.25, 0.3) is 0 Å². The summed E-state index contributed by atoms with van der Waals surface area (Å²) in [6, 6.07) is 13.0. The van der Waals surface area contributed by atoms with Crippen LogP contribution in [0, 0.1) is 0 Å². The van der Waals surface area contributed by atoms with Gasteiger partial charge in [0.2, 0.25) is 5.91 Å². The minimum atomic E-state index is -0.459. The van der Waals surface area contributed by atoms with E-state index in [2.05, 4.69) is 14.9 Å². The van der Waals surface area contributed by atoms with Gasteiger partial charge in [0.05, 0.1) is 17.6 Å². The topological polar surface area (TPSA) is 84.2 Å². The number of H-pyrrole nitrogens is 1. The average Bonchev–Trinajstić information content (AvgIpc) is 3.02. The Balaban J connectivity index is 1.78. The van der Waals surface area contributed by atoms with Gasteiger partial charge in [0.15, 0.2) is 0 Å². The van der Waals surface area contributed by atoms with E-state index in [0.29, 0.717) is 17.7 Å². The van der Waals surface area contributed by atoms with E-state index in [1.807, 2.05) is 44.4 Å². The fourth-order valence-electron chi connectivity index (χ4n) is 2.60. The van der Waals surface area contributed by atoms with Crippen LogP contribution < -0.4 is 10.5 Å². The van der Waals surface area contributed by atoms with Gasteiger partial charge in [0, 0.05) is 17.7 Å². The van der Waals surface area contributed by atoms with Crippen LogP contribution in [0.15, 0.2) is 42.5 Å². The van der Waals surface area contributed by atoms with Crippen LogP contribution in [0.5, 0.6) is 5.75 Å². The lowest BCUT2D eigenvalue weighted by atomic mass is 10.2. The number of hydrogen-bond acceptors (Lipinski definition) is 4. The molecule has 3 aromatic rings. The normalized spacial score (nSPS) is 11.2. The molecule has 0 aliphatic heterocycles. The highest BCUT2D eigenvalue weighted by molar-refractivity contribution is 5.96. The van der Waals surface area contributed by atoms with E-state index >= 15 is 0 Å². The summed E-state index contributed by atoms with van der Waals surface area (Å²) in [5.41, 5.74) is 8.27. The fraction of sp³-hybridized carbons (Fsp3) is 0.263. The lowest BCUT2D eigenvalue weighted by Crippen LogP contribution is -2.15. The molecule has 3 N–H and O–H groups in total. The molecule has 1 heterocycles. The SMILES string of the molecule is CN(C)CCCOc1cccc(-c2nc3cc(C(N)=O)ccc3[nH]2)c1. The van der Waals surface area contributed by atoms with Crippen LogP contribution in [0.3, 0.4) is 0 Å². The maximum Gasteiger partial charge on any atom is 0.248 e. The Morgan fingerprint density at radius 3 is 2.84 bits per heavy atom. The van der Waals surface area contributed by atoms with Gasteiger partial charge in [-0.3, -0.25) is 4.79 Å². The van der Waals surface area contributed by atoms with E-state index in [1.165, 1.54) is 0 Å². The molecular weight excluding hydrogens is 316 g/mol. The predicted molar refractivity (Wildman–Crippen MR) is 98.7 cm³/mol. The molecule has 0 radical (unpaired) electrons. The Morgan fingerprint density at radius 1 is 1.24 bits per heavy atom. The molecule has 3 rings (SSSR count). The maximum absolute atomic E-state index is 11.3. The summed E-state index contributed by atoms with van der Waals surface area (Å²) in [7, 11) is 4.09. The Labute approximate surface area is 146 Å². The number of fused-ring (bicyclic) bond motifs is 1. The third-order valence-electron chi connectivity index (χ3n) is 3.89. The highest BCUT2D eigenvalue weighted by Gasteiger charge is 2.09. The van der Waals surface area contributed by atoms with Gasteiger partial charge < -0.3 is 20.4 Å². The van der Waals surface area contributed by atoms with Gasteiger partial charge in [0.1, 0.15) is 11.6 Å². The first-order chi connectivity index (χ1) is 12.0. The summed E-state index contributed by atoms with van der Waals surface area (Å²) in [6.45, 7) is 1.66. The number of carbonyl (C=O) groups excluding carboxylic acids is 1. The highest BCUT2D eigenvalue weighted by Crippen LogP contribution is 2.24. The summed E-state index contributed by atoms with van der Waals surface area (Å²) in [6.07, 6.45) is 0.970. The summed E-state index contributed by atoms with van der Waals surface area (Å²) in [5, 5.41) is 0. The highest BCUT2D eigenvalue weighted by atomic mass is 16.5. The molecule has 130 valence electrons. The molecule has 0 saturated heterocycles. The molecule has 0 unspecified atom stereocenters. The molecule has 25 heavy (non-hydrogen) atoms. The molecule has 6 heteroatoms. The van der Waals surface area contributed by atoms with Crippen LogP contribution >= 0.6 is 0 Å². The van der Waals surface area contributed by atoms with Gasteiger partial charge in [-0.1, -0.05) is 12.1 Å². The van der Waals surface area contributed by atoms with Gasteiger partial charge in [-0.05, 0) is 50.8 Å². The lowest BCUT2D eigenvalue weighted by Gasteiger charge is -2.10. The second kappa shape index (κ2) is 7.36. The molecule has 2 aromatic carbocycles. The van der Waals surface area contributed by atoms with Crippen molar-refractivity contribution >= 4 is 16.9 Å². The van der Waals surface area contributed by atoms with Gasteiger partial charge in [-0.15, -0.1) is 0 Å². The summed E-state index contributed by atoms with van der Waals surface area (Å²) < 4.78 is 5.81. The van der Waals surface area contributed by atoms with E-state index < -0.39 is 5.91 Å². The zero-order valence-electron chi connectivity index (χ0n) is 14.5.